The molecule has 1 heterocycles. The van der Waals surface area contributed by atoms with Crippen molar-refractivity contribution in [1.82, 2.24) is 9.55 Å². The molecular weight excluding hydrogens is 274 g/mol. The highest BCUT2D eigenvalue weighted by Gasteiger charge is 2.10. The number of halogens is 3. The van der Waals surface area contributed by atoms with Crippen molar-refractivity contribution in [2.24, 2.45) is 0 Å². The topological polar surface area (TPSA) is 27.1 Å². The predicted molar refractivity (Wildman–Crippen MR) is 70.9 cm³/mol. The number of aryl methyl sites for hydroxylation is 1. The molecule has 0 saturated carbocycles. The Morgan fingerprint density at radius 3 is 2.89 bits per heavy atom. The monoisotopic (exact) mass is 288 g/mol. The summed E-state index contributed by atoms with van der Waals surface area (Å²) in [5.41, 5.74) is 2.93. The Kier molecular flexibility index (Phi) is 4.71. The zero-order valence-corrected chi connectivity index (χ0v) is 11.3. The molecule has 0 radical (unpaired) electrons. The molecule has 0 N–H and O–H groups in total. The molecule has 0 bridgehead atoms. The second-order valence-electron chi connectivity index (χ2n) is 4.27. The number of imidazole rings is 1. The first-order valence-electron chi connectivity index (χ1n) is 5.99. The summed E-state index contributed by atoms with van der Waals surface area (Å²) >= 11 is 5.86. The van der Waals surface area contributed by atoms with Crippen LogP contribution >= 0.6 is 11.6 Å². The Balaban J connectivity index is 2.16. The largest absolute Gasteiger partial charge is 0.374 e. The number of fused-ring (bicyclic) bond motifs is 1. The minimum atomic E-state index is -2.44. The molecular formula is C13H15ClF2N2O. The summed E-state index contributed by atoms with van der Waals surface area (Å²) in [4.78, 5) is 4.43. The van der Waals surface area contributed by atoms with E-state index < -0.39 is 13.0 Å². The smallest absolute Gasteiger partial charge is 0.261 e. The van der Waals surface area contributed by atoms with Crippen molar-refractivity contribution >= 4 is 22.6 Å². The third-order valence-corrected chi connectivity index (χ3v) is 3.04. The molecule has 0 aliphatic carbocycles. The third-order valence-electron chi connectivity index (χ3n) is 2.81. The standard InChI is InChI=1S/C13H15ClF2N2O/c1-9-2-3-11-10(6-9)17-13(7-14)18(11)4-5-19-8-12(15)16/h2-3,6,12H,4-5,7-8H2,1H3. The van der Waals surface area contributed by atoms with Crippen molar-refractivity contribution in [3.05, 3.63) is 29.6 Å². The van der Waals surface area contributed by atoms with Gasteiger partial charge >= 0.3 is 0 Å². The normalized spacial score (nSPS) is 11.6. The van der Waals surface area contributed by atoms with Crippen LogP contribution in [0.5, 0.6) is 0 Å². The van der Waals surface area contributed by atoms with Crippen LogP contribution in [-0.2, 0) is 17.2 Å². The maximum atomic E-state index is 12.0. The molecule has 104 valence electrons. The van der Waals surface area contributed by atoms with Gasteiger partial charge in [-0.1, -0.05) is 6.07 Å². The number of rotatable bonds is 6. The van der Waals surface area contributed by atoms with Crippen molar-refractivity contribution < 1.29 is 13.5 Å². The molecule has 3 nitrogen and oxygen atoms in total. The predicted octanol–water partition coefficient (Wildman–Crippen LogP) is 3.37. The van der Waals surface area contributed by atoms with Crippen LogP contribution in [0.25, 0.3) is 11.0 Å². The average molecular weight is 289 g/mol. The lowest BCUT2D eigenvalue weighted by molar-refractivity contribution is 0.0149. The molecule has 6 heteroatoms. The Bertz CT molecular complexity index is 557. The van der Waals surface area contributed by atoms with Crippen molar-refractivity contribution in [3.8, 4) is 0 Å². The molecule has 2 rings (SSSR count). The maximum absolute atomic E-state index is 12.0. The van der Waals surface area contributed by atoms with Crippen LogP contribution < -0.4 is 0 Å². The molecule has 0 saturated heterocycles. The van der Waals surface area contributed by atoms with Crippen molar-refractivity contribution in [1.29, 1.82) is 0 Å². The maximum Gasteiger partial charge on any atom is 0.261 e. The molecule has 1 aromatic heterocycles. The Morgan fingerprint density at radius 2 is 2.21 bits per heavy atom. The lowest BCUT2D eigenvalue weighted by Gasteiger charge is -2.08. The van der Waals surface area contributed by atoms with Gasteiger partial charge in [0.15, 0.2) is 0 Å². The van der Waals surface area contributed by atoms with Crippen molar-refractivity contribution in [2.75, 3.05) is 13.2 Å². The number of hydrogen-bond acceptors (Lipinski definition) is 2. The van der Waals surface area contributed by atoms with Crippen LogP contribution in [0.2, 0.25) is 0 Å². The highest BCUT2D eigenvalue weighted by atomic mass is 35.5. The molecule has 0 aliphatic heterocycles. The molecule has 19 heavy (non-hydrogen) atoms. The number of aromatic nitrogens is 2. The number of ether oxygens (including phenoxy) is 1. The quantitative estimate of drug-likeness (QED) is 0.602. The highest BCUT2D eigenvalue weighted by Crippen LogP contribution is 2.19. The van der Waals surface area contributed by atoms with Crippen LogP contribution in [0.4, 0.5) is 8.78 Å². The van der Waals surface area contributed by atoms with Crippen LogP contribution in [0, 0.1) is 6.92 Å². The van der Waals surface area contributed by atoms with E-state index in [-0.39, 0.29) is 12.5 Å². The van der Waals surface area contributed by atoms with Gasteiger partial charge in [-0.15, -0.1) is 11.6 Å². The zero-order chi connectivity index (χ0) is 13.8. The van der Waals surface area contributed by atoms with Gasteiger partial charge < -0.3 is 9.30 Å². The van der Waals surface area contributed by atoms with Crippen LogP contribution in [-0.4, -0.2) is 29.2 Å². The summed E-state index contributed by atoms with van der Waals surface area (Å²) in [6.45, 7) is 2.13. The summed E-state index contributed by atoms with van der Waals surface area (Å²) in [6.07, 6.45) is -2.44. The number of nitrogens with zero attached hydrogens (tertiary/aromatic N) is 2. The molecule has 0 amide bonds. The van der Waals surface area contributed by atoms with Crippen LogP contribution in [0.3, 0.4) is 0 Å². The Labute approximate surface area is 115 Å². The first-order chi connectivity index (χ1) is 9.11. The summed E-state index contributed by atoms with van der Waals surface area (Å²) in [7, 11) is 0. The minimum absolute atomic E-state index is 0.216. The SMILES string of the molecule is Cc1ccc2c(c1)nc(CCl)n2CCOCC(F)F. The van der Waals surface area contributed by atoms with E-state index in [4.69, 9.17) is 16.3 Å². The van der Waals surface area contributed by atoms with Gasteiger partial charge in [-0.25, -0.2) is 13.8 Å². The molecule has 0 unspecified atom stereocenters. The van der Waals surface area contributed by atoms with E-state index in [1.165, 1.54) is 0 Å². The van der Waals surface area contributed by atoms with E-state index in [1.54, 1.807) is 0 Å². The van der Waals surface area contributed by atoms with Gasteiger partial charge in [-0.3, -0.25) is 0 Å². The Hall–Kier alpha value is -1.20. The minimum Gasteiger partial charge on any atom is -0.374 e. The second-order valence-corrected chi connectivity index (χ2v) is 4.54. The fourth-order valence-electron chi connectivity index (χ4n) is 1.97. The molecule has 0 atom stereocenters. The third kappa shape index (κ3) is 3.42. The van der Waals surface area contributed by atoms with E-state index in [0.29, 0.717) is 6.54 Å². The lowest BCUT2D eigenvalue weighted by Crippen LogP contribution is -2.12. The van der Waals surface area contributed by atoms with Gasteiger partial charge in [-0.05, 0) is 24.6 Å². The number of alkyl halides is 3. The first kappa shape index (κ1) is 14.2. The molecule has 0 fully saturated rings. The highest BCUT2D eigenvalue weighted by molar-refractivity contribution is 6.16. The van der Waals surface area contributed by atoms with Crippen LogP contribution in [0.1, 0.15) is 11.4 Å². The van der Waals surface area contributed by atoms with E-state index in [1.807, 2.05) is 29.7 Å². The van der Waals surface area contributed by atoms with E-state index >= 15 is 0 Å². The van der Waals surface area contributed by atoms with Gasteiger partial charge in [0, 0.05) is 6.54 Å². The lowest BCUT2D eigenvalue weighted by atomic mass is 10.2. The molecule has 1 aromatic carbocycles. The number of hydrogen-bond donors (Lipinski definition) is 0. The van der Waals surface area contributed by atoms with Gasteiger partial charge in [0.2, 0.25) is 0 Å². The summed E-state index contributed by atoms with van der Waals surface area (Å²) in [5, 5.41) is 0. The van der Waals surface area contributed by atoms with Gasteiger partial charge in [-0.2, -0.15) is 0 Å². The fraction of sp³-hybridized carbons (Fsp3) is 0.462. The van der Waals surface area contributed by atoms with Crippen molar-refractivity contribution in [3.63, 3.8) is 0 Å². The second kappa shape index (κ2) is 6.30. The molecule has 2 aromatic rings. The summed E-state index contributed by atoms with van der Waals surface area (Å²) in [6, 6.07) is 5.92. The summed E-state index contributed by atoms with van der Waals surface area (Å²) in [5.74, 6) is 1.01. The average Bonchev–Trinajstić information content (AvgIpc) is 2.71. The summed E-state index contributed by atoms with van der Waals surface area (Å²) < 4.78 is 30.8. The van der Waals surface area contributed by atoms with Crippen molar-refractivity contribution in [2.45, 2.75) is 25.8 Å². The Morgan fingerprint density at radius 1 is 1.42 bits per heavy atom. The van der Waals surface area contributed by atoms with E-state index in [0.717, 1.165) is 22.4 Å². The van der Waals surface area contributed by atoms with Gasteiger partial charge in [0.1, 0.15) is 12.4 Å². The van der Waals surface area contributed by atoms with Gasteiger partial charge in [0.05, 0.1) is 23.5 Å². The molecule has 0 spiro atoms. The fourth-order valence-corrected chi connectivity index (χ4v) is 2.17. The van der Waals surface area contributed by atoms with Crippen LogP contribution in [0.15, 0.2) is 18.2 Å². The first-order valence-corrected chi connectivity index (χ1v) is 6.53. The van der Waals surface area contributed by atoms with Gasteiger partial charge in [0.25, 0.3) is 6.43 Å². The van der Waals surface area contributed by atoms with E-state index in [2.05, 4.69) is 4.98 Å². The number of benzene rings is 1. The molecule has 0 aliphatic rings. The van der Waals surface area contributed by atoms with E-state index in [9.17, 15) is 8.78 Å². The zero-order valence-electron chi connectivity index (χ0n) is 10.6.